The number of hydrogen-bond acceptors (Lipinski definition) is 2. The Morgan fingerprint density at radius 1 is 1.03 bits per heavy atom. The van der Waals surface area contributed by atoms with Gasteiger partial charge in [0.05, 0.1) is 5.56 Å². The first kappa shape index (κ1) is 22.5. The van der Waals surface area contributed by atoms with Crippen molar-refractivity contribution in [2.45, 2.75) is 79.1 Å². The van der Waals surface area contributed by atoms with Crippen molar-refractivity contribution in [2.75, 3.05) is 0 Å². The van der Waals surface area contributed by atoms with Crippen LogP contribution in [0.3, 0.4) is 0 Å². The summed E-state index contributed by atoms with van der Waals surface area (Å²) in [5, 5.41) is 2.49. The van der Waals surface area contributed by atoms with Gasteiger partial charge in [-0.25, -0.2) is 4.98 Å². The molecule has 0 N–H and O–H groups in total. The van der Waals surface area contributed by atoms with Crippen molar-refractivity contribution in [3.63, 3.8) is 0 Å². The van der Waals surface area contributed by atoms with Crippen molar-refractivity contribution >= 4 is 21.8 Å². The summed E-state index contributed by atoms with van der Waals surface area (Å²) in [4.78, 5) is 5.27. The highest BCUT2D eigenvalue weighted by molar-refractivity contribution is 6.05. The standard InChI is InChI=1S/C32H37N2O/c1-19-15-23-16-21(18-32(3,4)5)17-26-28(23)27(20(19)2)30-31(35-26)33-29-24(22-11-8-7-9-12-22)13-10-14-25(29)34(30)6/h10,13-17,22H,7-9,11-12,18H2,1-6H3/q+1. The zero-order valence-corrected chi connectivity index (χ0v) is 22.1. The van der Waals surface area contributed by atoms with Crippen LogP contribution in [0.5, 0.6) is 11.6 Å². The van der Waals surface area contributed by atoms with Gasteiger partial charge in [0.2, 0.25) is 5.52 Å². The van der Waals surface area contributed by atoms with Crippen LogP contribution < -0.4 is 9.30 Å². The lowest BCUT2D eigenvalue weighted by molar-refractivity contribution is -0.634. The molecular formula is C32H37N2O+. The number of hydrogen-bond donors (Lipinski definition) is 0. The van der Waals surface area contributed by atoms with Crippen molar-refractivity contribution in [3.05, 3.63) is 58.7 Å². The number of rotatable bonds is 2. The Bertz CT molecular complexity index is 1490. The monoisotopic (exact) mass is 465 g/mol. The fourth-order valence-electron chi connectivity index (χ4n) is 6.45. The van der Waals surface area contributed by atoms with Crippen LogP contribution in [-0.4, -0.2) is 4.98 Å². The average Bonchev–Trinajstić information content (AvgIpc) is 2.81. The van der Waals surface area contributed by atoms with Crippen LogP contribution in [-0.2, 0) is 13.5 Å². The molecule has 4 aromatic rings. The van der Waals surface area contributed by atoms with Crippen molar-refractivity contribution in [2.24, 2.45) is 12.5 Å². The molecule has 2 heterocycles. The smallest absolute Gasteiger partial charge is 0.294 e. The summed E-state index contributed by atoms with van der Waals surface area (Å²) < 4.78 is 9.03. The van der Waals surface area contributed by atoms with Gasteiger partial charge in [0.15, 0.2) is 0 Å². The summed E-state index contributed by atoms with van der Waals surface area (Å²) in [6, 6.07) is 13.7. The van der Waals surface area contributed by atoms with Gasteiger partial charge in [0.25, 0.3) is 11.6 Å². The Balaban J connectivity index is 1.63. The van der Waals surface area contributed by atoms with Crippen LogP contribution in [0.15, 0.2) is 36.4 Å². The first-order valence-electron chi connectivity index (χ1n) is 13.3. The zero-order chi connectivity index (χ0) is 24.5. The molecule has 3 nitrogen and oxygen atoms in total. The molecule has 0 amide bonds. The third kappa shape index (κ3) is 3.71. The van der Waals surface area contributed by atoms with Crippen LogP contribution in [0.25, 0.3) is 33.1 Å². The molecule has 0 saturated heterocycles. The van der Waals surface area contributed by atoms with Crippen LogP contribution in [0.2, 0.25) is 0 Å². The van der Waals surface area contributed by atoms with E-state index >= 15 is 0 Å². The molecule has 1 fully saturated rings. The Morgan fingerprint density at radius 2 is 1.80 bits per heavy atom. The van der Waals surface area contributed by atoms with Crippen LogP contribution in [0, 0.1) is 19.3 Å². The van der Waals surface area contributed by atoms with Crippen LogP contribution >= 0.6 is 0 Å². The molecular weight excluding hydrogens is 428 g/mol. The highest BCUT2D eigenvalue weighted by Gasteiger charge is 2.34. The number of benzene rings is 3. The van der Waals surface area contributed by atoms with E-state index in [0.29, 0.717) is 5.92 Å². The second-order valence-corrected chi connectivity index (χ2v) is 12.1. The van der Waals surface area contributed by atoms with Gasteiger partial charge in [-0.15, -0.1) is 0 Å². The molecule has 2 aliphatic rings. The number of aromatic nitrogens is 2. The molecule has 0 spiro atoms. The van der Waals surface area contributed by atoms with E-state index in [0.717, 1.165) is 29.3 Å². The van der Waals surface area contributed by atoms with Crippen molar-refractivity contribution in [1.29, 1.82) is 0 Å². The summed E-state index contributed by atoms with van der Waals surface area (Å²) in [5.41, 5.74) is 10.2. The lowest BCUT2D eigenvalue weighted by Gasteiger charge is -2.25. The minimum Gasteiger partial charge on any atom is -0.433 e. The predicted octanol–water partition coefficient (Wildman–Crippen LogP) is 8.24. The highest BCUT2D eigenvalue weighted by atomic mass is 16.5. The SMILES string of the molecule is Cc1cc2cc(CC(C)(C)C)cc3c2c(c1C)-c1c(nc2c(C4CCCCC4)cccc2[n+]1C)O3. The maximum Gasteiger partial charge on any atom is 0.294 e. The van der Waals surface area contributed by atoms with E-state index in [-0.39, 0.29) is 5.41 Å². The summed E-state index contributed by atoms with van der Waals surface area (Å²) in [7, 11) is 2.18. The third-order valence-electron chi connectivity index (χ3n) is 8.16. The molecule has 0 bridgehead atoms. The molecule has 1 aliphatic carbocycles. The van der Waals surface area contributed by atoms with Crippen LogP contribution in [0.1, 0.15) is 81.0 Å². The topological polar surface area (TPSA) is 26.0 Å². The van der Waals surface area contributed by atoms with E-state index in [4.69, 9.17) is 9.72 Å². The van der Waals surface area contributed by atoms with Crippen molar-refractivity contribution in [3.8, 4) is 22.9 Å². The number of fused-ring (bicyclic) bond motifs is 3. The van der Waals surface area contributed by atoms with E-state index in [1.54, 1.807) is 0 Å². The molecule has 6 rings (SSSR count). The molecule has 180 valence electrons. The minimum atomic E-state index is 0.214. The highest BCUT2D eigenvalue weighted by Crippen LogP contribution is 2.48. The quantitative estimate of drug-likeness (QED) is 0.245. The second-order valence-electron chi connectivity index (χ2n) is 12.1. The first-order valence-corrected chi connectivity index (χ1v) is 13.3. The van der Waals surface area contributed by atoms with E-state index in [1.165, 1.54) is 76.2 Å². The van der Waals surface area contributed by atoms with E-state index in [9.17, 15) is 0 Å². The first-order chi connectivity index (χ1) is 16.7. The normalized spacial score (nSPS) is 15.9. The zero-order valence-electron chi connectivity index (χ0n) is 22.1. The lowest BCUT2D eigenvalue weighted by atomic mass is 9.83. The molecule has 1 saturated carbocycles. The van der Waals surface area contributed by atoms with Gasteiger partial charge in [-0.1, -0.05) is 64.3 Å². The number of nitrogens with zero attached hydrogens (tertiary/aromatic N) is 2. The third-order valence-corrected chi connectivity index (χ3v) is 8.16. The van der Waals surface area contributed by atoms with Gasteiger partial charge < -0.3 is 4.74 Å². The summed E-state index contributed by atoms with van der Waals surface area (Å²) >= 11 is 0. The Labute approximate surface area is 209 Å². The summed E-state index contributed by atoms with van der Waals surface area (Å²) in [6.45, 7) is 11.4. The molecule has 1 aliphatic heterocycles. The number of ether oxygens (including phenoxy) is 1. The fraction of sp³-hybridized carbons (Fsp3) is 0.438. The maximum atomic E-state index is 6.70. The van der Waals surface area contributed by atoms with Crippen LogP contribution in [0.4, 0.5) is 0 Å². The molecule has 3 aromatic carbocycles. The van der Waals surface area contributed by atoms with Gasteiger partial charge in [-0.3, -0.25) is 0 Å². The number of para-hydroxylation sites is 1. The molecule has 0 radical (unpaired) electrons. The predicted molar refractivity (Wildman–Crippen MR) is 144 cm³/mol. The lowest BCUT2D eigenvalue weighted by Crippen LogP contribution is -2.34. The minimum absolute atomic E-state index is 0.214. The molecule has 0 atom stereocenters. The molecule has 1 aromatic heterocycles. The maximum absolute atomic E-state index is 6.70. The van der Waals surface area contributed by atoms with Gasteiger partial charge in [0.1, 0.15) is 18.3 Å². The molecule has 35 heavy (non-hydrogen) atoms. The Kier molecular flexibility index (Phi) is 5.18. The van der Waals surface area contributed by atoms with Gasteiger partial charge in [-0.05, 0) is 78.1 Å². The average molecular weight is 466 g/mol. The number of aryl methyl sites for hydroxylation is 2. The van der Waals surface area contributed by atoms with Gasteiger partial charge in [0, 0.05) is 11.5 Å². The summed E-state index contributed by atoms with van der Waals surface area (Å²) in [5.74, 6) is 2.30. The van der Waals surface area contributed by atoms with Gasteiger partial charge >= 0.3 is 0 Å². The van der Waals surface area contributed by atoms with Crippen molar-refractivity contribution in [1.82, 2.24) is 4.98 Å². The fourth-order valence-corrected chi connectivity index (χ4v) is 6.45. The van der Waals surface area contributed by atoms with E-state index in [1.807, 2.05) is 0 Å². The Hall–Kier alpha value is -2.94. The summed E-state index contributed by atoms with van der Waals surface area (Å²) in [6.07, 6.45) is 7.53. The molecule has 0 unspecified atom stereocenters. The molecule has 3 heteroatoms. The second kappa shape index (κ2) is 8.05. The van der Waals surface area contributed by atoms with Gasteiger partial charge in [-0.2, -0.15) is 4.57 Å². The van der Waals surface area contributed by atoms with E-state index < -0.39 is 0 Å². The largest absolute Gasteiger partial charge is 0.433 e. The van der Waals surface area contributed by atoms with Crippen molar-refractivity contribution < 1.29 is 9.30 Å². The van der Waals surface area contributed by atoms with E-state index in [2.05, 4.69) is 82.6 Å². The Morgan fingerprint density at radius 3 is 2.54 bits per heavy atom.